The number of ketones is 2. The molecule has 0 N–H and O–H groups in total. The van der Waals surface area contributed by atoms with Gasteiger partial charge in [-0.3, -0.25) is 19.6 Å². The second-order valence-electron chi connectivity index (χ2n) is 5.80. The van der Waals surface area contributed by atoms with Crippen molar-refractivity contribution >= 4 is 11.6 Å². The molecule has 2 aromatic heterocycles. The Morgan fingerprint density at radius 2 is 0.679 bits per heavy atom. The molecule has 0 atom stereocenters. The van der Waals surface area contributed by atoms with Gasteiger partial charge in [0.1, 0.15) is 0 Å². The van der Waals surface area contributed by atoms with Crippen LogP contribution in [0.15, 0.2) is 110 Å². The number of hydrogen-bond acceptors (Lipinski definition) is 4. The quantitative estimate of drug-likeness (QED) is 0.401. The molecule has 0 spiro atoms. The fourth-order valence-corrected chi connectivity index (χ4v) is 2.67. The van der Waals surface area contributed by atoms with Gasteiger partial charge in [0.25, 0.3) is 0 Å². The monoisotopic (exact) mass is 366 g/mol. The van der Waals surface area contributed by atoms with E-state index >= 15 is 0 Å². The number of aromatic nitrogens is 2. The first-order chi connectivity index (χ1) is 13.8. The molecule has 1 aliphatic rings. The maximum atomic E-state index is 12.1. The highest BCUT2D eigenvalue weighted by Crippen LogP contribution is 2.26. The SMILES string of the molecule is O=C1c2ccccc2C(=O)c2ccccc21.c1ccncc1.c1ccncc1. The van der Waals surface area contributed by atoms with Crippen LogP contribution in [0.25, 0.3) is 0 Å². The molecule has 0 unspecified atom stereocenters. The summed E-state index contributed by atoms with van der Waals surface area (Å²) in [6, 6.07) is 25.3. The van der Waals surface area contributed by atoms with E-state index in [1.165, 1.54) is 0 Å². The molecule has 0 fully saturated rings. The minimum Gasteiger partial charge on any atom is -0.289 e. The van der Waals surface area contributed by atoms with Crippen LogP contribution in [0.4, 0.5) is 0 Å². The summed E-state index contributed by atoms with van der Waals surface area (Å²) in [5.74, 6) is -0.128. The van der Waals surface area contributed by atoms with Gasteiger partial charge in [-0.05, 0) is 24.3 Å². The molecule has 4 nitrogen and oxygen atoms in total. The van der Waals surface area contributed by atoms with Gasteiger partial charge in [0.05, 0.1) is 0 Å². The van der Waals surface area contributed by atoms with Crippen LogP contribution < -0.4 is 0 Å². The van der Waals surface area contributed by atoms with Crippen LogP contribution in [0.3, 0.4) is 0 Å². The molecule has 0 amide bonds. The van der Waals surface area contributed by atoms with Gasteiger partial charge in [-0.15, -0.1) is 0 Å². The summed E-state index contributed by atoms with van der Waals surface area (Å²) in [7, 11) is 0. The maximum absolute atomic E-state index is 12.1. The zero-order valence-electron chi connectivity index (χ0n) is 15.1. The van der Waals surface area contributed by atoms with Gasteiger partial charge < -0.3 is 0 Å². The van der Waals surface area contributed by atoms with E-state index in [9.17, 15) is 9.59 Å². The van der Waals surface area contributed by atoms with E-state index in [1.54, 1.807) is 73.3 Å². The largest absolute Gasteiger partial charge is 0.289 e. The van der Waals surface area contributed by atoms with Crippen molar-refractivity contribution < 1.29 is 9.59 Å². The molecule has 136 valence electrons. The molecule has 2 heterocycles. The van der Waals surface area contributed by atoms with Gasteiger partial charge in [0.2, 0.25) is 0 Å². The lowest BCUT2D eigenvalue weighted by molar-refractivity contribution is 0.0979. The van der Waals surface area contributed by atoms with Gasteiger partial charge in [-0.1, -0.05) is 60.7 Å². The fourth-order valence-electron chi connectivity index (χ4n) is 2.67. The predicted molar refractivity (Wildman–Crippen MR) is 108 cm³/mol. The lowest BCUT2D eigenvalue weighted by Gasteiger charge is -2.16. The molecular weight excluding hydrogens is 348 g/mol. The van der Waals surface area contributed by atoms with Crippen molar-refractivity contribution in [3.05, 3.63) is 132 Å². The number of carbonyl (C=O) groups excluding carboxylic acids is 2. The van der Waals surface area contributed by atoms with Gasteiger partial charge >= 0.3 is 0 Å². The number of rotatable bonds is 0. The fraction of sp³-hybridized carbons (Fsp3) is 0. The Morgan fingerprint density at radius 1 is 0.393 bits per heavy atom. The predicted octanol–water partition coefficient (Wildman–Crippen LogP) is 4.63. The molecule has 0 aliphatic heterocycles. The molecule has 4 aromatic rings. The first-order valence-corrected chi connectivity index (χ1v) is 8.76. The number of pyridine rings is 2. The Bertz CT molecular complexity index is 858. The van der Waals surface area contributed by atoms with Crippen molar-refractivity contribution in [2.75, 3.05) is 0 Å². The van der Waals surface area contributed by atoms with Crippen molar-refractivity contribution in [1.82, 2.24) is 9.97 Å². The summed E-state index contributed by atoms with van der Waals surface area (Å²) in [5.41, 5.74) is 2.02. The number of nitrogens with zero attached hydrogens (tertiary/aromatic N) is 2. The van der Waals surface area contributed by atoms with E-state index < -0.39 is 0 Å². The highest BCUT2D eigenvalue weighted by molar-refractivity contribution is 6.28. The molecule has 4 heteroatoms. The molecule has 5 rings (SSSR count). The molecule has 0 saturated heterocycles. The van der Waals surface area contributed by atoms with Crippen molar-refractivity contribution in [3.63, 3.8) is 0 Å². The van der Waals surface area contributed by atoms with E-state index in [2.05, 4.69) is 9.97 Å². The Kier molecular flexibility index (Phi) is 6.53. The van der Waals surface area contributed by atoms with Gasteiger partial charge in [0, 0.05) is 47.0 Å². The Morgan fingerprint density at radius 3 is 0.857 bits per heavy atom. The Hall–Kier alpha value is -3.92. The third-order valence-corrected chi connectivity index (χ3v) is 3.97. The topological polar surface area (TPSA) is 59.9 Å². The zero-order chi connectivity index (χ0) is 19.6. The maximum Gasteiger partial charge on any atom is 0.194 e. The molecule has 0 radical (unpaired) electrons. The van der Waals surface area contributed by atoms with E-state index in [4.69, 9.17) is 0 Å². The summed E-state index contributed by atoms with van der Waals surface area (Å²) in [4.78, 5) is 31.8. The van der Waals surface area contributed by atoms with E-state index in [0.717, 1.165) is 0 Å². The summed E-state index contributed by atoms with van der Waals surface area (Å²) in [6.45, 7) is 0. The first kappa shape index (κ1) is 18.9. The third-order valence-electron chi connectivity index (χ3n) is 3.97. The first-order valence-electron chi connectivity index (χ1n) is 8.76. The van der Waals surface area contributed by atoms with Crippen LogP contribution in [0.5, 0.6) is 0 Å². The van der Waals surface area contributed by atoms with Crippen LogP contribution in [0.1, 0.15) is 31.8 Å². The van der Waals surface area contributed by atoms with E-state index in [-0.39, 0.29) is 11.6 Å². The Labute approximate surface area is 163 Å². The standard InChI is InChI=1S/C14H8O2.2C5H5N/c15-13-9-5-1-2-6-10(9)14(16)12-8-4-3-7-11(12)13;2*1-2-4-6-5-3-1/h1-8H;2*1-5H. The average Bonchev–Trinajstić information content (AvgIpc) is 2.81. The molecule has 2 aromatic carbocycles. The number of carbonyl (C=O) groups is 2. The summed E-state index contributed by atoms with van der Waals surface area (Å²) in [5, 5.41) is 0. The number of hydrogen-bond donors (Lipinski definition) is 0. The lowest BCUT2D eigenvalue weighted by Crippen LogP contribution is -2.20. The van der Waals surface area contributed by atoms with Crippen LogP contribution in [0, 0.1) is 0 Å². The highest BCUT2D eigenvalue weighted by atomic mass is 16.1. The second kappa shape index (κ2) is 9.69. The third kappa shape index (κ3) is 4.62. The number of fused-ring (bicyclic) bond motifs is 2. The van der Waals surface area contributed by atoms with E-state index in [1.807, 2.05) is 36.4 Å². The van der Waals surface area contributed by atoms with Crippen molar-refractivity contribution in [3.8, 4) is 0 Å². The van der Waals surface area contributed by atoms with Crippen LogP contribution in [-0.4, -0.2) is 21.5 Å². The van der Waals surface area contributed by atoms with Crippen LogP contribution in [-0.2, 0) is 0 Å². The summed E-state index contributed by atoms with van der Waals surface area (Å²) in [6.07, 6.45) is 7.00. The smallest absolute Gasteiger partial charge is 0.194 e. The van der Waals surface area contributed by atoms with Crippen molar-refractivity contribution in [2.24, 2.45) is 0 Å². The minimum absolute atomic E-state index is 0.0641. The highest BCUT2D eigenvalue weighted by Gasteiger charge is 2.28. The Balaban J connectivity index is 0.000000153. The molecule has 1 aliphatic carbocycles. The molecule has 28 heavy (non-hydrogen) atoms. The number of benzene rings is 2. The van der Waals surface area contributed by atoms with Crippen molar-refractivity contribution in [1.29, 1.82) is 0 Å². The summed E-state index contributed by atoms with van der Waals surface area (Å²) < 4.78 is 0. The van der Waals surface area contributed by atoms with Gasteiger partial charge in [-0.25, -0.2) is 0 Å². The molecule has 0 bridgehead atoms. The minimum atomic E-state index is -0.0641. The van der Waals surface area contributed by atoms with E-state index in [0.29, 0.717) is 22.3 Å². The molecular formula is C24H18N2O2. The zero-order valence-corrected chi connectivity index (χ0v) is 15.1. The van der Waals surface area contributed by atoms with Gasteiger partial charge in [0.15, 0.2) is 11.6 Å². The van der Waals surface area contributed by atoms with Crippen LogP contribution in [0.2, 0.25) is 0 Å². The molecule has 0 saturated carbocycles. The van der Waals surface area contributed by atoms with Crippen molar-refractivity contribution in [2.45, 2.75) is 0 Å². The van der Waals surface area contributed by atoms with Gasteiger partial charge in [-0.2, -0.15) is 0 Å². The van der Waals surface area contributed by atoms with Crippen LogP contribution >= 0.6 is 0 Å². The normalized spacial score (nSPS) is 11.0. The summed E-state index contributed by atoms with van der Waals surface area (Å²) >= 11 is 0. The average molecular weight is 366 g/mol. The second-order valence-corrected chi connectivity index (χ2v) is 5.80. The lowest BCUT2D eigenvalue weighted by atomic mass is 9.84.